The third-order valence-electron chi connectivity index (χ3n) is 8.74. The van der Waals surface area contributed by atoms with Crippen molar-refractivity contribution in [2.45, 2.75) is 81.8 Å². The van der Waals surface area contributed by atoms with E-state index in [-0.39, 0.29) is 17.4 Å². The van der Waals surface area contributed by atoms with Gasteiger partial charge < -0.3 is 10.2 Å². The smallest absolute Gasteiger partial charge is 0.0859 e. The number of terminal acetylenes is 1. The van der Waals surface area contributed by atoms with Gasteiger partial charge in [0.1, 0.15) is 0 Å². The average Bonchev–Trinajstić information content (AvgIpc) is 3.06. The van der Waals surface area contributed by atoms with Crippen molar-refractivity contribution < 1.29 is 10.2 Å². The summed E-state index contributed by atoms with van der Waals surface area (Å²) in [5.41, 5.74) is 3.35. The van der Waals surface area contributed by atoms with Gasteiger partial charge in [-0.3, -0.25) is 0 Å². The molecule has 1 unspecified atom stereocenters. The van der Waals surface area contributed by atoms with E-state index in [2.05, 4.69) is 30.2 Å². The zero-order chi connectivity index (χ0) is 19.4. The van der Waals surface area contributed by atoms with E-state index in [4.69, 9.17) is 6.42 Å². The van der Waals surface area contributed by atoms with Crippen LogP contribution < -0.4 is 0 Å². The first-order chi connectivity index (χ1) is 13.6. The van der Waals surface area contributed by atoms with Gasteiger partial charge in [0.15, 0.2) is 0 Å². The van der Waals surface area contributed by atoms with Crippen molar-refractivity contribution in [3.63, 3.8) is 0 Å². The second kappa shape index (κ2) is 6.75. The quantitative estimate of drug-likeness (QED) is 0.565. The minimum Gasteiger partial charge on any atom is -0.392 e. The van der Waals surface area contributed by atoms with Crippen LogP contribution in [-0.2, 0) is 0 Å². The van der Waals surface area contributed by atoms with E-state index in [1.54, 1.807) is 5.57 Å². The molecule has 0 aromatic heterocycles. The van der Waals surface area contributed by atoms with Gasteiger partial charge in [0.05, 0.1) is 17.6 Å². The molecule has 28 heavy (non-hydrogen) atoms. The minimum absolute atomic E-state index is 0.0325. The monoisotopic (exact) mass is 376 g/mol. The molecule has 2 heteroatoms. The van der Waals surface area contributed by atoms with Crippen molar-refractivity contribution in [3.8, 4) is 12.3 Å². The first kappa shape index (κ1) is 18.5. The van der Waals surface area contributed by atoms with E-state index in [0.29, 0.717) is 11.8 Å². The van der Waals surface area contributed by atoms with E-state index in [9.17, 15) is 10.2 Å². The molecule has 2 nitrogen and oxygen atoms in total. The molecule has 1 aromatic carbocycles. The topological polar surface area (TPSA) is 40.5 Å². The second-order valence-corrected chi connectivity index (χ2v) is 9.71. The number of aliphatic hydroxyl groups excluding tert-OH is 1. The molecule has 5 rings (SSSR count). The molecule has 0 radical (unpaired) electrons. The fourth-order valence-electron chi connectivity index (χ4n) is 7.57. The Balaban J connectivity index is 1.58. The van der Waals surface area contributed by atoms with Crippen LogP contribution in [0.1, 0.15) is 75.7 Å². The summed E-state index contributed by atoms with van der Waals surface area (Å²) in [7, 11) is 0. The Bertz CT molecular complexity index is 819. The van der Waals surface area contributed by atoms with Gasteiger partial charge >= 0.3 is 0 Å². The molecular weight excluding hydrogens is 344 g/mol. The lowest BCUT2D eigenvalue weighted by Gasteiger charge is -2.54. The van der Waals surface area contributed by atoms with Gasteiger partial charge in [-0.05, 0) is 87.2 Å². The molecule has 1 aromatic rings. The van der Waals surface area contributed by atoms with Gasteiger partial charge in [0, 0.05) is 5.41 Å². The number of hydrogen-bond donors (Lipinski definition) is 2. The summed E-state index contributed by atoms with van der Waals surface area (Å²) in [5.74, 6) is 4.02. The Morgan fingerprint density at radius 2 is 1.82 bits per heavy atom. The molecule has 2 N–H and O–H groups in total. The molecule has 4 aliphatic rings. The van der Waals surface area contributed by atoms with Crippen molar-refractivity contribution in [2.75, 3.05) is 0 Å². The highest BCUT2D eigenvalue weighted by molar-refractivity contribution is 5.38. The Morgan fingerprint density at radius 3 is 2.61 bits per heavy atom. The summed E-state index contributed by atoms with van der Waals surface area (Å²) in [5, 5.41) is 22.5. The fraction of sp³-hybridized carbons (Fsp3) is 0.615. The Labute approximate surface area is 169 Å². The summed E-state index contributed by atoms with van der Waals surface area (Å²) in [6.07, 6.45) is 16.0. The van der Waals surface area contributed by atoms with Crippen LogP contribution in [0.2, 0.25) is 0 Å². The summed E-state index contributed by atoms with van der Waals surface area (Å²) in [6.45, 7) is 0. The van der Waals surface area contributed by atoms with Crippen molar-refractivity contribution in [3.05, 3.63) is 47.0 Å². The van der Waals surface area contributed by atoms with Crippen LogP contribution in [0.15, 0.2) is 41.5 Å². The van der Waals surface area contributed by atoms with Gasteiger partial charge in [-0.25, -0.2) is 0 Å². The lowest BCUT2D eigenvalue weighted by Crippen LogP contribution is -2.50. The highest BCUT2D eigenvalue weighted by Gasteiger charge is 2.60. The van der Waals surface area contributed by atoms with Crippen LogP contribution in [-0.4, -0.2) is 21.9 Å². The summed E-state index contributed by atoms with van der Waals surface area (Å²) in [6, 6.07) is 10.4. The molecule has 0 saturated heterocycles. The molecule has 0 aliphatic heterocycles. The van der Waals surface area contributed by atoms with Crippen LogP contribution in [0.25, 0.3) is 0 Å². The molecule has 0 amide bonds. The molecule has 6 atom stereocenters. The van der Waals surface area contributed by atoms with Gasteiger partial charge in [0.25, 0.3) is 0 Å². The molecule has 0 bridgehead atoms. The number of rotatable bonds is 2. The lowest BCUT2D eigenvalue weighted by atomic mass is 9.51. The number of fused-ring (bicyclic) bond motifs is 4. The zero-order valence-electron chi connectivity index (χ0n) is 16.7. The van der Waals surface area contributed by atoms with Crippen LogP contribution in [0.5, 0.6) is 0 Å². The number of allylic oxidation sites excluding steroid dienone is 1. The molecule has 148 valence electrons. The lowest BCUT2D eigenvalue weighted by molar-refractivity contribution is -0.0378. The molecule has 4 aliphatic carbocycles. The fourth-order valence-corrected chi connectivity index (χ4v) is 7.57. The Kier molecular flexibility index (Phi) is 4.45. The highest BCUT2D eigenvalue weighted by Crippen LogP contribution is 2.65. The normalized spacial score (nSPS) is 40.8. The van der Waals surface area contributed by atoms with Crippen molar-refractivity contribution in [1.82, 2.24) is 0 Å². The average molecular weight is 377 g/mol. The largest absolute Gasteiger partial charge is 0.392 e. The highest BCUT2D eigenvalue weighted by atomic mass is 16.3. The molecule has 3 fully saturated rings. The minimum atomic E-state index is -0.535. The van der Waals surface area contributed by atoms with E-state index < -0.39 is 5.60 Å². The Hall–Kier alpha value is -1.56. The van der Waals surface area contributed by atoms with E-state index in [0.717, 1.165) is 57.8 Å². The number of benzene rings is 1. The molecule has 0 heterocycles. The first-order valence-electron chi connectivity index (χ1n) is 11.2. The van der Waals surface area contributed by atoms with Gasteiger partial charge in [-0.2, -0.15) is 0 Å². The van der Waals surface area contributed by atoms with Gasteiger partial charge in [-0.15, -0.1) is 6.42 Å². The number of hydrogen-bond acceptors (Lipinski definition) is 2. The SMILES string of the molecule is C#CC(c1ccccc1)[C@]12CCC3=C4CCCC[C@]4(O)CC[C@H]3[C@@H]1CC[C@@H]2O. The van der Waals surface area contributed by atoms with E-state index >= 15 is 0 Å². The number of aliphatic hydroxyl groups is 2. The standard InChI is InChI=1S/C26H32O2/c1-2-21(18-8-4-3-5-9-18)26-17-14-19-20(23(26)11-12-24(26)27)13-16-25(28)15-7-6-10-22(19)25/h1,3-5,8-9,20-21,23-24,27-28H,6-7,10-17H2/t20-,21?,23+,24+,25+,26-/m1/s1. The van der Waals surface area contributed by atoms with Crippen LogP contribution in [0.4, 0.5) is 0 Å². The Morgan fingerprint density at radius 1 is 1.00 bits per heavy atom. The maximum Gasteiger partial charge on any atom is 0.0859 e. The van der Waals surface area contributed by atoms with Gasteiger partial charge in [0.2, 0.25) is 0 Å². The van der Waals surface area contributed by atoms with Crippen molar-refractivity contribution in [2.24, 2.45) is 17.3 Å². The van der Waals surface area contributed by atoms with Crippen LogP contribution in [0.3, 0.4) is 0 Å². The van der Waals surface area contributed by atoms with Gasteiger partial charge in [-0.1, -0.05) is 41.8 Å². The summed E-state index contributed by atoms with van der Waals surface area (Å²) < 4.78 is 0. The third-order valence-corrected chi connectivity index (χ3v) is 8.74. The van der Waals surface area contributed by atoms with E-state index in [1.165, 1.54) is 17.6 Å². The molecule has 3 saturated carbocycles. The third kappa shape index (κ3) is 2.49. The summed E-state index contributed by atoms with van der Waals surface area (Å²) >= 11 is 0. The zero-order valence-corrected chi connectivity index (χ0v) is 16.7. The molecule has 0 spiro atoms. The second-order valence-electron chi connectivity index (χ2n) is 9.71. The van der Waals surface area contributed by atoms with E-state index in [1.807, 2.05) is 6.07 Å². The maximum atomic E-state index is 11.3. The van der Waals surface area contributed by atoms with Crippen LogP contribution in [0, 0.1) is 29.6 Å². The summed E-state index contributed by atoms with van der Waals surface area (Å²) in [4.78, 5) is 0. The first-order valence-corrected chi connectivity index (χ1v) is 11.2. The van der Waals surface area contributed by atoms with Crippen molar-refractivity contribution >= 4 is 0 Å². The predicted molar refractivity (Wildman–Crippen MR) is 112 cm³/mol. The molecular formula is C26H32O2. The predicted octanol–water partition coefficient (Wildman–Crippen LogP) is 4.97. The van der Waals surface area contributed by atoms with Crippen molar-refractivity contribution in [1.29, 1.82) is 0 Å². The van der Waals surface area contributed by atoms with Crippen LogP contribution >= 0.6 is 0 Å². The maximum absolute atomic E-state index is 11.3.